The van der Waals surface area contributed by atoms with Crippen molar-refractivity contribution in [3.05, 3.63) is 47.8 Å². The molecule has 0 spiro atoms. The Morgan fingerprint density at radius 1 is 1.03 bits per heavy atom. The second-order valence-corrected chi connectivity index (χ2v) is 9.52. The van der Waals surface area contributed by atoms with Gasteiger partial charge < -0.3 is 0 Å². The first-order valence-electron chi connectivity index (χ1n) is 12.0. The van der Waals surface area contributed by atoms with E-state index in [9.17, 15) is 17.6 Å². The SMILES string of the molecule is CCC1CC(CONc2c(-c3cc(F)ccc3F)ccnc2C2CCC(F)(F)CC2)C1CC. The van der Waals surface area contributed by atoms with Gasteiger partial charge in [0.2, 0.25) is 5.92 Å². The van der Waals surface area contributed by atoms with Gasteiger partial charge in [-0.25, -0.2) is 17.6 Å². The molecule has 2 aromatic rings. The van der Waals surface area contributed by atoms with E-state index in [-0.39, 0.29) is 37.2 Å². The Morgan fingerprint density at radius 3 is 2.48 bits per heavy atom. The zero-order valence-electron chi connectivity index (χ0n) is 19.2. The molecule has 2 aliphatic rings. The number of alkyl halides is 2. The fourth-order valence-electron chi connectivity index (χ4n) is 5.61. The number of anilines is 1. The quantitative estimate of drug-likeness (QED) is 0.321. The van der Waals surface area contributed by atoms with E-state index in [2.05, 4.69) is 24.3 Å². The van der Waals surface area contributed by atoms with Gasteiger partial charge in [0.05, 0.1) is 18.0 Å². The Morgan fingerprint density at radius 2 is 1.79 bits per heavy atom. The monoisotopic (exact) mass is 464 g/mol. The molecule has 0 radical (unpaired) electrons. The van der Waals surface area contributed by atoms with E-state index in [0.29, 0.717) is 35.4 Å². The van der Waals surface area contributed by atoms with E-state index in [1.165, 1.54) is 6.20 Å². The Kier molecular flexibility index (Phi) is 7.27. The van der Waals surface area contributed by atoms with Crippen LogP contribution in [0.25, 0.3) is 11.1 Å². The van der Waals surface area contributed by atoms with E-state index in [1.807, 2.05) is 0 Å². The number of hydrogen-bond acceptors (Lipinski definition) is 3. The van der Waals surface area contributed by atoms with Crippen molar-refractivity contribution in [2.75, 3.05) is 12.1 Å². The summed E-state index contributed by atoms with van der Waals surface area (Å²) in [6.45, 7) is 4.89. The molecule has 1 aromatic carbocycles. The summed E-state index contributed by atoms with van der Waals surface area (Å²) in [6.07, 6.45) is 5.03. The largest absolute Gasteiger partial charge is 0.276 e. The molecule has 1 aromatic heterocycles. The number of nitrogens with zero attached hydrogens (tertiary/aromatic N) is 1. The molecule has 0 aliphatic heterocycles. The highest BCUT2D eigenvalue weighted by atomic mass is 19.3. The summed E-state index contributed by atoms with van der Waals surface area (Å²) >= 11 is 0. The molecule has 1 heterocycles. The number of aromatic nitrogens is 1. The van der Waals surface area contributed by atoms with Gasteiger partial charge in [-0.2, -0.15) is 0 Å². The number of nitrogens with one attached hydrogen (secondary N) is 1. The molecule has 3 atom stereocenters. The first-order chi connectivity index (χ1) is 15.8. The lowest BCUT2D eigenvalue weighted by Gasteiger charge is -2.44. The summed E-state index contributed by atoms with van der Waals surface area (Å²) in [4.78, 5) is 10.4. The molecule has 0 amide bonds. The van der Waals surface area contributed by atoms with Crippen LogP contribution in [0.3, 0.4) is 0 Å². The van der Waals surface area contributed by atoms with Crippen molar-refractivity contribution < 1.29 is 22.4 Å². The normalized spacial score (nSPS) is 25.0. The highest BCUT2D eigenvalue weighted by Gasteiger charge is 2.39. The van der Waals surface area contributed by atoms with Crippen molar-refractivity contribution in [3.8, 4) is 11.1 Å². The van der Waals surface area contributed by atoms with Gasteiger partial charge in [-0.15, -0.1) is 0 Å². The van der Waals surface area contributed by atoms with Gasteiger partial charge in [0.25, 0.3) is 0 Å². The van der Waals surface area contributed by atoms with Gasteiger partial charge in [0.1, 0.15) is 11.6 Å². The first kappa shape index (κ1) is 24.0. The minimum absolute atomic E-state index is 0.0898. The molecule has 0 saturated heterocycles. The van der Waals surface area contributed by atoms with Crippen LogP contribution in [0, 0.1) is 29.4 Å². The number of benzene rings is 1. The van der Waals surface area contributed by atoms with Crippen LogP contribution in [-0.2, 0) is 4.84 Å². The van der Waals surface area contributed by atoms with E-state index in [0.717, 1.165) is 43.4 Å². The van der Waals surface area contributed by atoms with Crippen molar-refractivity contribution in [2.24, 2.45) is 17.8 Å². The third-order valence-electron chi connectivity index (χ3n) is 7.59. The summed E-state index contributed by atoms with van der Waals surface area (Å²) < 4.78 is 56.1. The minimum atomic E-state index is -2.66. The smallest absolute Gasteiger partial charge is 0.248 e. The fourth-order valence-corrected chi connectivity index (χ4v) is 5.61. The summed E-state index contributed by atoms with van der Waals surface area (Å²) in [5.74, 6) is -2.21. The summed E-state index contributed by atoms with van der Waals surface area (Å²) in [6, 6.07) is 4.90. The van der Waals surface area contributed by atoms with Crippen LogP contribution in [-0.4, -0.2) is 17.5 Å². The molecule has 7 heteroatoms. The average molecular weight is 465 g/mol. The van der Waals surface area contributed by atoms with Crippen LogP contribution < -0.4 is 5.48 Å². The van der Waals surface area contributed by atoms with Gasteiger partial charge in [-0.3, -0.25) is 15.3 Å². The van der Waals surface area contributed by atoms with E-state index < -0.39 is 17.6 Å². The maximum atomic E-state index is 14.6. The first-order valence-corrected chi connectivity index (χ1v) is 12.0. The number of halogens is 4. The van der Waals surface area contributed by atoms with Crippen molar-refractivity contribution in [2.45, 2.75) is 70.6 Å². The van der Waals surface area contributed by atoms with Gasteiger partial charge in [0.15, 0.2) is 0 Å². The average Bonchev–Trinajstić information content (AvgIpc) is 2.78. The van der Waals surface area contributed by atoms with Crippen molar-refractivity contribution in [1.82, 2.24) is 4.98 Å². The maximum absolute atomic E-state index is 14.6. The Labute approximate surface area is 192 Å². The lowest BCUT2D eigenvalue weighted by atomic mass is 9.63. The van der Waals surface area contributed by atoms with E-state index >= 15 is 0 Å². The summed E-state index contributed by atoms with van der Waals surface area (Å²) in [7, 11) is 0. The van der Waals surface area contributed by atoms with Gasteiger partial charge in [-0.1, -0.05) is 26.7 Å². The molecular weight excluding hydrogens is 432 g/mol. The van der Waals surface area contributed by atoms with Crippen LogP contribution in [0.5, 0.6) is 0 Å². The zero-order chi connectivity index (χ0) is 23.6. The topological polar surface area (TPSA) is 34.1 Å². The Hall–Kier alpha value is -2.15. The van der Waals surface area contributed by atoms with Crippen LogP contribution in [0.15, 0.2) is 30.5 Å². The Bertz CT molecular complexity index is 957. The molecule has 4 rings (SSSR count). The highest BCUT2D eigenvalue weighted by Crippen LogP contribution is 2.46. The molecule has 33 heavy (non-hydrogen) atoms. The zero-order valence-corrected chi connectivity index (χ0v) is 19.2. The minimum Gasteiger partial charge on any atom is -0.276 e. The summed E-state index contributed by atoms with van der Waals surface area (Å²) in [5, 5.41) is 0. The highest BCUT2D eigenvalue weighted by molar-refractivity contribution is 5.79. The molecule has 2 fully saturated rings. The van der Waals surface area contributed by atoms with Crippen molar-refractivity contribution in [3.63, 3.8) is 0 Å². The van der Waals surface area contributed by atoms with E-state index in [4.69, 9.17) is 4.84 Å². The molecule has 3 unspecified atom stereocenters. The molecule has 180 valence electrons. The van der Waals surface area contributed by atoms with Crippen molar-refractivity contribution >= 4 is 5.69 Å². The molecular formula is C26H32F4N2O. The number of pyridine rings is 1. The summed E-state index contributed by atoms with van der Waals surface area (Å²) in [5.41, 5.74) is 4.50. The van der Waals surface area contributed by atoms with Crippen LogP contribution in [0.2, 0.25) is 0 Å². The predicted octanol–water partition coefficient (Wildman–Crippen LogP) is 7.74. The third kappa shape index (κ3) is 5.18. The Balaban J connectivity index is 1.60. The van der Waals surface area contributed by atoms with Gasteiger partial charge in [0, 0.05) is 36.1 Å². The number of hydrogen-bond donors (Lipinski definition) is 1. The second kappa shape index (κ2) is 10.00. The molecule has 0 bridgehead atoms. The van der Waals surface area contributed by atoms with Gasteiger partial charge in [-0.05, 0) is 61.3 Å². The van der Waals surface area contributed by atoms with Crippen LogP contribution >= 0.6 is 0 Å². The molecule has 2 saturated carbocycles. The lowest BCUT2D eigenvalue weighted by Crippen LogP contribution is -2.39. The second-order valence-electron chi connectivity index (χ2n) is 9.52. The number of rotatable bonds is 8. The molecule has 1 N–H and O–H groups in total. The van der Waals surface area contributed by atoms with Crippen molar-refractivity contribution in [1.29, 1.82) is 0 Å². The third-order valence-corrected chi connectivity index (χ3v) is 7.59. The van der Waals surface area contributed by atoms with Crippen LogP contribution in [0.4, 0.5) is 23.2 Å². The lowest BCUT2D eigenvalue weighted by molar-refractivity contribution is -0.0385. The van der Waals surface area contributed by atoms with E-state index in [1.54, 1.807) is 6.07 Å². The fraction of sp³-hybridized carbons (Fsp3) is 0.577. The predicted molar refractivity (Wildman–Crippen MR) is 121 cm³/mol. The van der Waals surface area contributed by atoms with Gasteiger partial charge >= 0.3 is 0 Å². The maximum Gasteiger partial charge on any atom is 0.248 e. The molecule has 2 aliphatic carbocycles. The standard InChI is InChI=1S/C26H32F4N2O/c1-3-16-13-18(20(16)4-2)15-33-32-25-21(22-14-19(27)5-6-23(22)28)9-12-31-24(25)17-7-10-26(29,30)11-8-17/h5-6,9,12,14,16-18,20,32H,3-4,7-8,10-11,13,15H2,1-2H3. The van der Waals surface area contributed by atoms with Crippen LogP contribution in [0.1, 0.15) is 70.4 Å². The molecule has 3 nitrogen and oxygen atoms in total.